The summed E-state index contributed by atoms with van der Waals surface area (Å²) in [5.74, 6) is 1.51. The highest BCUT2D eigenvalue weighted by Gasteiger charge is 2.53. The van der Waals surface area contributed by atoms with Gasteiger partial charge in [0, 0.05) is 11.5 Å². The smallest absolute Gasteiger partial charge is 0.145 e. The van der Waals surface area contributed by atoms with Gasteiger partial charge in [-0.15, -0.1) is 12.4 Å². The summed E-state index contributed by atoms with van der Waals surface area (Å²) in [5.41, 5.74) is 4.14. The molecule has 0 saturated carbocycles. The molecule has 124 valence electrons. The van der Waals surface area contributed by atoms with Gasteiger partial charge in [-0.2, -0.15) is 0 Å². The number of ether oxygens (including phenoxy) is 1. The number of piperidine rings is 1. The summed E-state index contributed by atoms with van der Waals surface area (Å²) >= 11 is 0. The molecular weight excluding hydrogens is 310 g/mol. The van der Waals surface area contributed by atoms with Gasteiger partial charge in [-0.25, -0.2) is 0 Å². The second-order valence-electron chi connectivity index (χ2n) is 7.09. The van der Waals surface area contributed by atoms with Crippen LogP contribution in [0, 0.1) is 5.92 Å². The fraction of sp³-hybridized carbons (Fsp3) is 0.526. The molecule has 1 heterocycles. The van der Waals surface area contributed by atoms with Gasteiger partial charge in [-0.1, -0.05) is 12.1 Å². The zero-order valence-electron chi connectivity index (χ0n) is 13.7. The molecule has 3 aliphatic rings. The summed E-state index contributed by atoms with van der Waals surface area (Å²) in [4.78, 5) is 13.8. The number of likely N-dealkylation sites (N-methyl/N-ethyl adjacent to an activating group) is 1. The number of hydrogen-bond acceptors (Lipinski definition) is 3. The van der Waals surface area contributed by atoms with Crippen LogP contribution in [0.5, 0.6) is 5.75 Å². The van der Waals surface area contributed by atoms with Crippen LogP contribution >= 0.6 is 12.4 Å². The van der Waals surface area contributed by atoms with Crippen molar-refractivity contribution in [2.24, 2.45) is 5.92 Å². The molecule has 2 aliphatic carbocycles. The number of fused-ring (bicyclic) bond motifs is 1. The van der Waals surface area contributed by atoms with E-state index in [1.807, 2.05) is 0 Å². The van der Waals surface area contributed by atoms with Crippen molar-refractivity contribution in [1.82, 2.24) is 4.90 Å². The van der Waals surface area contributed by atoms with Crippen LogP contribution in [0.4, 0.5) is 0 Å². The van der Waals surface area contributed by atoms with E-state index in [0.717, 1.165) is 43.4 Å². The quantitative estimate of drug-likeness (QED) is 0.779. The average Bonchev–Trinajstić information content (AvgIpc) is 2.57. The van der Waals surface area contributed by atoms with E-state index in [2.05, 4.69) is 36.2 Å². The second-order valence-corrected chi connectivity index (χ2v) is 7.09. The van der Waals surface area contributed by atoms with Crippen LogP contribution in [0.3, 0.4) is 0 Å². The van der Waals surface area contributed by atoms with Crippen molar-refractivity contribution in [3.8, 4) is 5.75 Å². The summed E-state index contributed by atoms with van der Waals surface area (Å²) < 4.78 is 5.48. The minimum Gasteiger partial charge on any atom is -0.497 e. The van der Waals surface area contributed by atoms with Gasteiger partial charge in [0.05, 0.1) is 7.11 Å². The third-order valence-electron chi connectivity index (χ3n) is 6.27. The molecule has 2 unspecified atom stereocenters. The van der Waals surface area contributed by atoms with Crippen molar-refractivity contribution in [1.29, 1.82) is 0 Å². The van der Waals surface area contributed by atoms with Crippen molar-refractivity contribution in [3.63, 3.8) is 0 Å². The van der Waals surface area contributed by atoms with E-state index in [0.29, 0.717) is 12.0 Å². The van der Waals surface area contributed by atoms with E-state index in [-0.39, 0.29) is 17.8 Å². The minimum absolute atomic E-state index is 0. The van der Waals surface area contributed by atoms with Crippen LogP contribution in [0.1, 0.15) is 30.4 Å². The Morgan fingerprint density at radius 3 is 2.91 bits per heavy atom. The Bertz CT molecular complexity index is 657. The molecule has 1 aliphatic heterocycles. The van der Waals surface area contributed by atoms with Crippen molar-refractivity contribution in [2.45, 2.75) is 37.1 Å². The Morgan fingerprint density at radius 2 is 2.17 bits per heavy atom. The number of nitrogens with zero attached hydrogens (tertiary/aromatic N) is 1. The van der Waals surface area contributed by atoms with Gasteiger partial charge >= 0.3 is 0 Å². The number of carbonyl (C=O) groups excluding carboxylic acids is 1. The number of aldehydes is 1. The molecule has 3 atom stereocenters. The molecule has 3 nitrogen and oxygen atoms in total. The molecule has 0 N–H and O–H groups in total. The van der Waals surface area contributed by atoms with Gasteiger partial charge in [-0.05, 0) is 74.0 Å². The van der Waals surface area contributed by atoms with Gasteiger partial charge in [0.2, 0.25) is 0 Å². The van der Waals surface area contributed by atoms with E-state index >= 15 is 0 Å². The first-order chi connectivity index (χ1) is 10.7. The molecule has 1 aromatic rings. The molecule has 4 rings (SSSR count). The van der Waals surface area contributed by atoms with Crippen LogP contribution < -0.4 is 4.74 Å². The molecule has 0 amide bonds. The van der Waals surface area contributed by atoms with Gasteiger partial charge in [0.15, 0.2) is 0 Å². The molecule has 1 fully saturated rings. The molecule has 2 bridgehead atoms. The van der Waals surface area contributed by atoms with E-state index < -0.39 is 0 Å². The predicted octanol–water partition coefficient (Wildman–Crippen LogP) is 3.15. The molecule has 1 saturated heterocycles. The molecule has 0 aromatic heterocycles. The topological polar surface area (TPSA) is 29.5 Å². The van der Waals surface area contributed by atoms with Crippen molar-refractivity contribution in [3.05, 3.63) is 41.0 Å². The van der Waals surface area contributed by atoms with Crippen molar-refractivity contribution in [2.75, 3.05) is 20.7 Å². The number of halogens is 1. The zero-order chi connectivity index (χ0) is 15.3. The molecule has 0 spiro atoms. The predicted molar refractivity (Wildman–Crippen MR) is 93.5 cm³/mol. The Hall–Kier alpha value is -1.32. The number of carbonyl (C=O) groups is 1. The summed E-state index contributed by atoms with van der Waals surface area (Å²) in [6, 6.07) is 7.14. The maximum absolute atomic E-state index is 11.3. The number of likely N-dealkylation sites (tertiary alicyclic amines) is 1. The third kappa shape index (κ3) is 2.33. The normalized spacial score (nSPS) is 32.0. The lowest BCUT2D eigenvalue weighted by molar-refractivity contribution is -0.105. The summed E-state index contributed by atoms with van der Waals surface area (Å²) in [6.45, 7) is 1.14. The van der Waals surface area contributed by atoms with Crippen LogP contribution in [-0.4, -0.2) is 37.9 Å². The van der Waals surface area contributed by atoms with E-state index in [9.17, 15) is 4.79 Å². The summed E-state index contributed by atoms with van der Waals surface area (Å²) in [7, 11) is 3.98. The highest BCUT2D eigenvalue weighted by molar-refractivity contribution is 5.85. The number of methoxy groups -OCH3 is 1. The van der Waals surface area contributed by atoms with Crippen LogP contribution in [0.25, 0.3) is 0 Å². The number of rotatable bonds is 2. The van der Waals surface area contributed by atoms with Gasteiger partial charge < -0.3 is 9.64 Å². The van der Waals surface area contributed by atoms with Crippen LogP contribution in [0.2, 0.25) is 0 Å². The molecule has 0 radical (unpaired) electrons. The molecule has 4 heteroatoms. The Kier molecular flexibility index (Phi) is 4.28. The maximum Gasteiger partial charge on any atom is 0.145 e. The van der Waals surface area contributed by atoms with Crippen LogP contribution in [0.15, 0.2) is 29.8 Å². The summed E-state index contributed by atoms with van der Waals surface area (Å²) in [6.07, 6.45) is 7.43. The lowest BCUT2D eigenvalue weighted by atomic mass is 9.53. The number of benzene rings is 1. The monoisotopic (exact) mass is 333 g/mol. The highest BCUT2D eigenvalue weighted by Crippen LogP contribution is 2.55. The van der Waals surface area contributed by atoms with Crippen molar-refractivity contribution < 1.29 is 9.53 Å². The molecule has 1 aromatic carbocycles. The second kappa shape index (κ2) is 5.95. The summed E-state index contributed by atoms with van der Waals surface area (Å²) in [5, 5.41) is 0. The lowest BCUT2D eigenvalue weighted by Gasteiger charge is -2.57. The molecule has 23 heavy (non-hydrogen) atoms. The average molecular weight is 334 g/mol. The number of hydrogen-bond donors (Lipinski definition) is 0. The van der Waals surface area contributed by atoms with Gasteiger partial charge in [-0.3, -0.25) is 4.79 Å². The first-order valence-electron chi connectivity index (χ1n) is 8.20. The van der Waals surface area contributed by atoms with E-state index in [1.54, 1.807) is 7.11 Å². The fourth-order valence-electron chi connectivity index (χ4n) is 5.03. The van der Waals surface area contributed by atoms with E-state index in [1.165, 1.54) is 17.5 Å². The lowest BCUT2D eigenvalue weighted by Crippen LogP contribution is -2.59. The standard InChI is InChI=1S/C19H23NO2.ClH/c1-20-8-7-19-6-5-13(12-21)9-17(19)18(20)10-14-3-4-15(22-2)11-16(14)19;/h3-5,11-12,17-18H,6-10H2,1-2H3;1H/t17-,18?,19?;/m1./s1. The Balaban J connectivity index is 0.00000156. The molecular formula is C19H24ClNO2. The Morgan fingerprint density at radius 1 is 1.35 bits per heavy atom. The first-order valence-corrected chi connectivity index (χ1v) is 8.20. The van der Waals surface area contributed by atoms with Crippen molar-refractivity contribution >= 4 is 18.7 Å². The highest BCUT2D eigenvalue weighted by atomic mass is 35.5. The maximum atomic E-state index is 11.3. The van der Waals surface area contributed by atoms with Gasteiger partial charge in [0.1, 0.15) is 12.0 Å². The Labute approximate surface area is 144 Å². The van der Waals surface area contributed by atoms with E-state index in [4.69, 9.17) is 4.74 Å². The first kappa shape index (κ1) is 16.5. The largest absolute Gasteiger partial charge is 0.497 e. The zero-order valence-corrected chi connectivity index (χ0v) is 14.6. The van der Waals surface area contributed by atoms with Gasteiger partial charge in [0.25, 0.3) is 0 Å². The fourth-order valence-corrected chi connectivity index (χ4v) is 5.03. The third-order valence-corrected chi connectivity index (χ3v) is 6.27. The van der Waals surface area contributed by atoms with Crippen LogP contribution in [-0.2, 0) is 16.6 Å². The minimum atomic E-state index is 0. The SMILES string of the molecule is COc1ccc2c(c1)C13CC=C(C=O)C[C@@H]1C(C2)N(C)CC3.Cl. The number of allylic oxidation sites excluding steroid dienone is 2.